The summed E-state index contributed by atoms with van der Waals surface area (Å²) in [5.74, 6) is 0. The lowest BCUT2D eigenvalue weighted by Gasteiger charge is -2.19. The summed E-state index contributed by atoms with van der Waals surface area (Å²) in [6.45, 7) is 2.19. The van der Waals surface area contributed by atoms with Crippen molar-refractivity contribution in [3.05, 3.63) is 53.3 Å². The summed E-state index contributed by atoms with van der Waals surface area (Å²) in [6, 6.07) is 9.55. The van der Waals surface area contributed by atoms with Gasteiger partial charge < -0.3 is 5.32 Å². The smallest absolute Gasteiger partial charge is 0.0534 e. The molecule has 3 rings (SSSR count). The molecule has 1 heterocycles. The fourth-order valence-corrected chi connectivity index (χ4v) is 2.63. The van der Waals surface area contributed by atoms with E-state index in [1.165, 1.54) is 29.5 Å². The van der Waals surface area contributed by atoms with Crippen molar-refractivity contribution in [3.8, 4) is 0 Å². The zero-order chi connectivity index (χ0) is 11.7. The summed E-state index contributed by atoms with van der Waals surface area (Å²) in [5.41, 5.74) is 4.17. The molecule has 0 saturated carbocycles. The number of benzene rings is 1. The molecule has 0 aliphatic heterocycles. The molecule has 3 heteroatoms. The van der Waals surface area contributed by atoms with Gasteiger partial charge in [-0.05, 0) is 30.9 Å². The minimum absolute atomic E-state index is 0.338. The summed E-state index contributed by atoms with van der Waals surface area (Å²) in [5, 5.41) is 10.5. The molecule has 0 bridgehead atoms. The first-order chi connectivity index (χ1) is 8.34. The quantitative estimate of drug-likeness (QED) is 0.846. The van der Waals surface area contributed by atoms with Crippen LogP contribution >= 0.6 is 0 Å². The topological polar surface area (TPSA) is 40.7 Å². The second-order valence-corrected chi connectivity index (χ2v) is 4.71. The number of H-pyrrole nitrogens is 1. The maximum absolute atomic E-state index is 4.00. The Morgan fingerprint density at radius 2 is 2.29 bits per heavy atom. The zero-order valence-corrected chi connectivity index (χ0v) is 9.98. The summed E-state index contributed by atoms with van der Waals surface area (Å²) in [7, 11) is 0. The first-order valence-corrected chi connectivity index (χ1v) is 6.17. The number of hydrogen-bond acceptors (Lipinski definition) is 2. The highest BCUT2D eigenvalue weighted by Crippen LogP contribution is 2.32. The first kappa shape index (κ1) is 10.5. The van der Waals surface area contributed by atoms with Gasteiger partial charge in [-0.1, -0.05) is 24.3 Å². The number of fused-ring (bicyclic) bond motifs is 1. The molecular weight excluding hydrogens is 210 g/mol. The van der Waals surface area contributed by atoms with Crippen molar-refractivity contribution < 1.29 is 0 Å². The third-order valence-electron chi connectivity index (χ3n) is 3.60. The Hall–Kier alpha value is -1.61. The van der Waals surface area contributed by atoms with Crippen LogP contribution in [0.5, 0.6) is 0 Å². The maximum Gasteiger partial charge on any atom is 0.0534 e. The number of aromatic amines is 1. The number of nitrogens with zero attached hydrogens (tertiary/aromatic N) is 1. The van der Waals surface area contributed by atoms with E-state index in [4.69, 9.17) is 0 Å². The van der Waals surface area contributed by atoms with Crippen LogP contribution in [0.4, 0.5) is 0 Å². The predicted octanol–water partition coefficient (Wildman–Crippen LogP) is 2.75. The molecule has 1 aromatic heterocycles. The fraction of sp³-hybridized carbons (Fsp3) is 0.357. The largest absolute Gasteiger partial charge is 0.303 e. The predicted molar refractivity (Wildman–Crippen MR) is 67.6 cm³/mol. The van der Waals surface area contributed by atoms with Crippen molar-refractivity contribution in [2.24, 2.45) is 0 Å². The van der Waals surface area contributed by atoms with Gasteiger partial charge in [0.2, 0.25) is 0 Å². The standard InChI is InChI=1S/C14H17N3/c1-10(12-8-15-16-9-12)17-14-7-6-11-4-2-3-5-13(11)14/h2-5,8-10,14,17H,6-7H2,1H3,(H,15,16). The molecule has 2 aromatic rings. The number of nitrogens with one attached hydrogen (secondary N) is 2. The molecule has 0 spiro atoms. The van der Waals surface area contributed by atoms with E-state index in [-0.39, 0.29) is 0 Å². The average molecular weight is 227 g/mol. The molecule has 3 nitrogen and oxygen atoms in total. The van der Waals surface area contributed by atoms with Gasteiger partial charge in [0.25, 0.3) is 0 Å². The van der Waals surface area contributed by atoms with E-state index in [1.54, 1.807) is 0 Å². The SMILES string of the molecule is CC(NC1CCc2ccccc21)c1cn[nH]c1. The van der Waals surface area contributed by atoms with Crippen molar-refractivity contribution >= 4 is 0 Å². The molecule has 0 amide bonds. The molecule has 2 atom stereocenters. The molecule has 88 valence electrons. The van der Waals surface area contributed by atoms with E-state index in [1.807, 2.05) is 12.4 Å². The summed E-state index contributed by atoms with van der Waals surface area (Å²) >= 11 is 0. The summed E-state index contributed by atoms with van der Waals surface area (Å²) in [4.78, 5) is 0. The van der Waals surface area contributed by atoms with E-state index in [2.05, 4.69) is 46.7 Å². The van der Waals surface area contributed by atoms with E-state index < -0.39 is 0 Å². The minimum Gasteiger partial charge on any atom is -0.303 e. The lowest BCUT2D eigenvalue weighted by molar-refractivity contribution is 0.465. The van der Waals surface area contributed by atoms with Crippen LogP contribution in [0.15, 0.2) is 36.7 Å². The molecule has 1 aromatic carbocycles. The minimum atomic E-state index is 0.338. The molecule has 1 aliphatic carbocycles. The van der Waals surface area contributed by atoms with Gasteiger partial charge in [0, 0.05) is 23.8 Å². The second-order valence-electron chi connectivity index (χ2n) is 4.71. The van der Waals surface area contributed by atoms with Crippen LogP contribution in [0.2, 0.25) is 0 Å². The van der Waals surface area contributed by atoms with Crippen molar-refractivity contribution in [3.63, 3.8) is 0 Å². The normalized spacial score (nSPS) is 20.2. The monoisotopic (exact) mass is 227 g/mol. The van der Waals surface area contributed by atoms with Gasteiger partial charge >= 0.3 is 0 Å². The van der Waals surface area contributed by atoms with Crippen LogP contribution in [-0.4, -0.2) is 10.2 Å². The summed E-state index contributed by atoms with van der Waals surface area (Å²) < 4.78 is 0. The van der Waals surface area contributed by atoms with Crippen LogP contribution in [0.1, 0.15) is 42.1 Å². The van der Waals surface area contributed by atoms with Crippen LogP contribution < -0.4 is 5.32 Å². The molecule has 0 saturated heterocycles. The second kappa shape index (κ2) is 4.34. The van der Waals surface area contributed by atoms with Crippen LogP contribution in [-0.2, 0) is 6.42 Å². The average Bonchev–Trinajstić information content (AvgIpc) is 2.98. The van der Waals surface area contributed by atoms with Crippen molar-refractivity contribution in [2.75, 3.05) is 0 Å². The van der Waals surface area contributed by atoms with Crippen molar-refractivity contribution in [1.82, 2.24) is 15.5 Å². The van der Waals surface area contributed by atoms with Gasteiger partial charge in [-0.2, -0.15) is 5.10 Å². The highest BCUT2D eigenvalue weighted by Gasteiger charge is 2.23. The lowest BCUT2D eigenvalue weighted by atomic mass is 10.1. The van der Waals surface area contributed by atoms with Crippen LogP contribution in [0, 0.1) is 0 Å². The molecule has 0 fully saturated rings. The van der Waals surface area contributed by atoms with Gasteiger partial charge in [0.15, 0.2) is 0 Å². The Kier molecular flexibility index (Phi) is 2.69. The van der Waals surface area contributed by atoms with E-state index in [0.717, 1.165) is 0 Å². The molecule has 17 heavy (non-hydrogen) atoms. The number of rotatable bonds is 3. The van der Waals surface area contributed by atoms with Gasteiger partial charge in [0.05, 0.1) is 6.20 Å². The fourth-order valence-electron chi connectivity index (χ4n) is 2.63. The van der Waals surface area contributed by atoms with Gasteiger partial charge in [-0.15, -0.1) is 0 Å². The van der Waals surface area contributed by atoms with Gasteiger partial charge in [-0.25, -0.2) is 0 Å². The van der Waals surface area contributed by atoms with Gasteiger partial charge in [0.1, 0.15) is 0 Å². The molecular formula is C14H17N3. The maximum atomic E-state index is 4.00. The molecule has 0 radical (unpaired) electrons. The summed E-state index contributed by atoms with van der Waals surface area (Å²) in [6.07, 6.45) is 6.23. The van der Waals surface area contributed by atoms with Crippen LogP contribution in [0.3, 0.4) is 0 Å². The third-order valence-corrected chi connectivity index (χ3v) is 3.60. The highest BCUT2D eigenvalue weighted by molar-refractivity contribution is 5.34. The van der Waals surface area contributed by atoms with E-state index in [9.17, 15) is 0 Å². The van der Waals surface area contributed by atoms with Crippen LogP contribution in [0.25, 0.3) is 0 Å². The highest BCUT2D eigenvalue weighted by atomic mass is 15.1. The Labute approximate surface area is 101 Å². The van der Waals surface area contributed by atoms with Crippen molar-refractivity contribution in [1.29, 1.82) is 0 Å². The Morgan fingerprint density at radius 3 is 3.12 bits per heavy atom. The Balaban J connectivity index is 1.75. The number of hydrogen-bond donors (Lipinski definition) is 2. The zero-order valence-electron chi connectivity index (χ0n) is 9.98. The first-order valence-electron chi connectivity index (χ1n) is 6.17. The van der Waals surface area contributed by atoms with E-state index >= 15 is 0 Å². The van der Waals surface area contributed by atoms with E-state index in [0.29, 0.717) is 12.1 Å². The van der Waals surface area contributed by atoms with Crippen molar-refractivity contribution in [2.45, 2.75) is 31.8 Å². The number of aromatic nitrogens is 2. The Bertz CT molecular complexity index is 490. The lowest BCUT2D eigenvalue weighted by Crippen LogP contribution is -2.22. The molecule has 2 N–H and O–H groups in total. The Morgan fingerprint density at radius 1 is 1.41 bits per heavy atom. The molecule has 2 unspecified atom stereocenters. The third kappa shape index (κ3) is 1.98. The molecule has 1 aliphatic rings. The van der Waals surface area contributed by atoms with Gasteiger partial charge in [-0.3, -0.25) is 5.10 Å². The number of aryl methyl sites for hydroxylation is 1.